The van der Waals surface area contributed by atoms with Crippen molar-refractivity contribution < 1.29 is 9.53 Å². The zero-order valence-corrected chi connectivity index (χ0v) is 18.1. The molecule has 2 aliphatic heterocycles. The molecule has 0 N–H and O–H groups in total. The van der Waals surface area contributed by atoms with Gasteiger partial charge in [0.25, 0.3) is 0 Å². The van der Waals surface area contributed by atoms with Crippen LogP contribution < -0.4 is 4.74 Å². The summed E-state index contributed by atoms with van der Waals surface area (Å²) in [7, 11) is 0. The topological polar surface area (TPSA) is 47.4 Å². The lowest BCUT2D eigenvalue weighted by molar-refractivity contribution is -0.136. The van der Waals surface area contributed by atoms with Crippen LogP contribution in [0.2, 0.25) is 0 Å². The van der Waals surface area contributed by atoms with Crippen LogP contribution in [-0.2, 0) is 16.9 Å². The van der Waals surface area contributed by atoms with Gasteiger partial charge >= 0.3 is 0 Å². The van der Waals surface area contributed by atoms with Crippen LogP contribution in [0.3, 0.4) is 0 Å². The van der Waals surface area contributed by atoms with Crippen LogP contribution in [0.25, 0.3) is 11.3 Å². The number of ether oxygens (including phenoxy) is 1. The van der Waals surface area contributed by atoms with E-state index in [9.17, 15) is 4.79 Å². The Morgan fingerprint density at radius 1 is 1.17 bits per heavy atom. The Labute approximate surface area is 178 Å². The largest absolute Gasteiger partial charge is 0.480 e. The van der Waals surface area contributed by atoms with Gasteiger partial charge in [-0.1, -0.05) is 26.0 Å². The van der Waals surface area contributed by atoms with Gasteiger partial charge in [0.15, 0.2) is 5.60 Å². The quantitative estimate of drug-likeness (QED) is 0.740. The third-order valence-corrected chi connectivity index (χ3v) is 7.34. The predicted octanol–water partition coefficient (Wildman–Crippen LogP) is 4.70. The number of para-hydroxylation sites is 1. The maximum absolute atomic E-state index is 12.7. The van der Waals surface area contributed by atoms with Crippen molar-refractivity contribution >= 4 is 5.91 Å². The van der Waals surface area contributed by atoms with Crippen LogP contribution in [0.4, 0.5) is 0 Å². The Bertz CT molecular complexity index is 992. The van der Waals surface area contributed by atoms with E-state index in [0.29, 0.717) is 11.8 Å². The molecule has 3 fully saturated rings. The van der Waals surface area contributed by atoms with Crippen LogP contribution in [0.5, 0.6) is 5.75 Å². The fourth-order valence-corrected chi connectivity index (χ4v) is 5.33. The smallest absolute Gasteiger partial charge is 0.225 e. The van der Waals surface area contributed by atoms with Crippen molar-refractivity contribution in [3.63, 3.8) is 0 Å². The molecule has 1 amide bonds. The van der Waals surface area contributed by atoms with Gasteiger partial charge in [0, 0.05) is 49.9 Å². The SMILES string of the molecule is CC(C)c1nc2c(n1CC1CC1)C1(CCN(C(=O)C3CC3)CC1)Oc1ccccc1-2. The molecule has 4 aliphatic rings. The summed E-state index contributed by atoms with van der Waals surface area (Å²) >= 11 is 0. The van der Waals surface area contributed by atoms with Gasteiger partial charge in [-0.25, -0.2) is 4.98 Å². The lowest BCUT2D eigenvalue weighted by Gasteiger charge is -2.45. The number of aromatic nitrogens is 2. The summed E-state index contributed by atoms with van der Waals surface area (Å²) in [6, 6.07) is 8.35. The van der Waals surface area contributed by atoms with Crippen molar-refractivity contribution in [1.82, 2.24) is 14.5 Å². The van der Waals surface area contributed by atoms with Crippen LogP contribution in [-0.4, -0.2) is 33.4 Å². The Hall–Kier alpha value is -2.30. The van der Waals surface area contributed by atoms with Gasteiger partial charge in [-0.2, -0.15) is 0 Å². The summed E-state index contributed by atoms with van der Waals surface area (Å²) in [5.74, 6) is 3.91. The summed E-state index contributed by atoms with van der Waals surface area (Å²) in [5, 5.41) is 0. The van der Waals surface area contributed by atoms with Crippen LogP contribution in [0.1, 0.15) is 69.8 Å². The molecule has 158 valence electrons. The molecule has 2 aromatic rings. The minimum atomic E-state index is -0.376. The number of piperidine rings is 1. The molecule has 30 heavy (non-hydrogen) atoms. The monoisotopic (exact) mass is 405 g/mol. The van der Waals surface area contributed by atoms with E-state index < -0.39 is 0 Å². The van der Waals surface area contributed by atoms with Gasteiger partial charge in [0.05, 0.1) is 11.4 Å². The van der Waals surface area contributed by atoms with E-state index in [4.69, 9.17) is 9.72 Å². The Morgan fingerprint density at radius 2 is 1.90 bits per heavy atom. The lowest BCUT2D eigenvalue weighted by atomic mass is 9.83. The number of hydrogen-bond donors (Lipinski definition) is 0. The zero-order valence-electron chi connectivity index (χ0n) is 18.1. The maximum atomic E-state index is 12.7. The number of nitrogens with zero attached hydrogens (tertiary/aromatic N) is 3. The van der Waals surface area contributed by atoms with Crippen molar-refractivity contribution in [2.45, 2.75) is 70.4 Å². The number of amides is 1. The molecule has 1 aromatic heterocycles. The highest BCUT2D eigenvalue weighted by Gasteiger charge is 2.49. The molecule has 1 spiro atoms. The van der Waals surface area contributed by atoms with Gasteiger partial charge in [-0.3, -0.25) is 4.79 Å². The normalized spacial score (nSPS) is 22.0. The van der Waals surface area contributed by atoms with Gasteiger partial charge < -0.3 is 14.2 Å². The van der Waals surface area contributed by atoms with E-state index in [1.54, 1.807) is 0 Å². The highest BCUT2D eigenvalue weighted by Crippen LogP contribution is 2.51. The Balaban J connectivity index is 1.44. The molecular formula is C25H31N3O2. The molecule has 1 aromatic carbocycles. The minimum Gasteiger partial charge on any atom is -0.480 e. The van der Waals surface area contributed by atoms with Crippen molar-refractivity contribution in [2.24, 2.45) is 11.8 Å². The molecule has 5 heteroatoms. The number of carbonyl (C=O) groups is 1. The van der Waals surface area contributed by atoms with Crippen molar-refractivity contribution in [3.05, 3.63) is 35.8 Å². The summed E-state index contributed by atoms with van der Waals surface area (Å²) in [4.78, 5) is 20.0. The third-order valence-electron chi connectivity index (χ3n) is 7.34. The van der Waals surface area contributed by atoms with Crippen LogP contribution in [0.15, 0.2) is 24.3 Å². The predicted molar refractivity (Wildman–Crippen MR) is 115 cm³/mol. The number of fused-ring (bicyclic) bond motifs is 4. The molecule has 3 heterocycles. The van der Waals surface area contributed by atoms with Gasteiger partial charge in [-0.15, -0.1) is 0 Å². The molecular weight excluding hydrogens is 374 g/mol. The molecule has 0 atom stereocenters. The fraction of sp³-hybridized carbons (Fsp3) is 0.600. The number of rotatable bonds is 4. The second-order valence-corrected chi connectivity index (χ2v) is 10.1. The first-order chi connectivity index (χ1) is 14.6. The van der Waals surface area contributed by atoms with Crippen molar-refractivity contribution in [3.8, 4) is 17.0 Å². The summed E-state index contributed by atoms with van der Waals surface area (Å²) in [6.07, 6.45) is 6.47. The highest BCUT2D eigenvalue weighted by molar-refractivity contribution is 5.81. The van der Waals surface area contributed by atoms with Crippen LogP contribution >= 0.6 is 0 Å². The van der Waals surface area contributed by atoms with E-state index in [1.807, 2.05) is 6.07 Å². The van der Waals surface area contributed by atoms with E-state index in [0.717, 1.165) is 68.2 Å². The first-order valence-corrected chi connectivity index (χ1v) is 11.7. The van der Waals surface area contributed by atoms with E-state index >= 15 is 0 Å². The minimum absolute atomic E-state index is 0.288. The Kier molecular flexibility index (Phi) is 4.06. The van der Waals surface area contributed by atoms with Gasteiger partial charge in [-0.05, 0) is 43.7 Å². The molecule has 0 unspecified atom stereocenters. The average molecular weight is 406 g/mol. The van der Waals surface area contributed by atoms with Crippen LogP contribution in [0, 0.1) is 11.8 Å². The Morgan fingerprint density at radius 3 is 2.57 bits per heavy atom. The second-order valence-electron chi connectivity index (χ2n) is 10.1. The molecule has 2 saturated carbocycles. The zero-order chi connectivity index (χ0) is 20.5. The standard InChI is InChI=1S/C25H31N3O2/c1-16(2)23-26-21-19-5-3-4-6-20(19)30-25(22(21)28(23)15-17-7-8-17)11-13-27(14-12-25)24(29)18-9-10-18/h3-6,16-18H,7-15H2,1-2H3. The molecule has 1 saturated heterocycles. The molecule has 0 bridgehead atoms. The number of carbonyl (C=O) groups excluding carboxylic acids is 1. The first-order valence-electron chi connectivity index (χ1n) is 11.7. The average Bonchev–Trinajstić information content (AvgIpc) is 3.66. The first kappa shape index (κ1) is 18.5. The molecule has 2 aliphatic carbocycles. The molecule has 5 nitrogen and oxygen atoms in total. The van der Waals surface area contributed by atoms with E-state index in [2.05, 4.69) is 41.5 Å². The molecule has 0 radical (unpaired) electrons. The van der Waals surface area contributed by atoms with E-state index in [-0.39, 0.29) is 11.5 Å². The fourth-order valence-electron chi connectivity index (χ4n) is 5.33. The van der Waals surface area contributed by atoms with Gasteiger partial charge in [0.1, 0.15) is 11.6 Å². The highest BCUT2D eigenvalue weighted by atomic mass is 16.5. The number of likely N-dealkylation sites (tertiary alicyclic amines) is 1. The number of benzene rings is 1. The third kappa shape index (κ3) is 2.89. The maximum Gasteiger partial charge on any atom is 0.225 e. The summed E-state index contributed by atoms with van der Waals surface area (Å²) in [6.45, 7) is 7.10. The van der Waals surface area contributed by atoms with E-state index in [1.165, 1.54) is 24.4 Å². The summed E-state index contributed by atoms with van der Waals surface area (Å²) < 4.78 is 9.33. The lowest BCUT2D eigenvalue weighted by Crippen LogP contribution is -2.50. The second kappa shape index (κ2) is 6.60. The van der Waals surface area contributed by atoms with Crippen molar-refractivity contribution in [1.29, 1.82) is 0 Å². The van der Waals surface area contributed by atoms with Gasteiger partial charge in [0.2, 0.25) is 5.91 Å². The number of imidazole rings is 1. The molecule has 6 rings (SSSR count). The number of hydrogen-bond acceptors (Lipinski definition) is 3. The van der Waals surface area contributed by atoms with Crippen molar-refractivity contribution in [2.75, 3.05) is 13.1 Å². The summed E-state index contributed by atoms with van der Waals surface area (Å²) in [5.41, 5.74) is 3.13.